The summed E-state index contributed by atoms with van der Waals surface area (Å²) in [6.07, 6.45) is 2.15. The van der Waals surface area contributed by atoms with Gasteiger partial charge in [-0.15, -0.1) is 0 Å². The Hall–Kier alpha value is -2.04. The van der Waals surface area contributed by atoms with Gasteiger partial charge in [0.15, 0.2) is 0 Å². The maximum atomic E-state index is 12.7. The zero-order valence-electron chi connectivity index (χ0n) is 15.4. The van der Waals surface area contributed by atoms with E-state index in [0.29, 0.717) is 24.2 Å². The summed E-state index contributed by atoms with van der Waals surface area (Å²) in [5, 5.41) is 3.78. The van der Waals surface area contributed by atoms with E-state index in [0.717, 1.165) is 30.5 Å². The molecule has 0 aliphatic heterocycles. The maximum Gasteiger partial charge on any atom is 0.318 e. The second-order valence-corrected chi connectivity index (χ2v) is 7.64. The van der Waals surface area contributed by atoms with Crippen LogP contribution in [0.25, 0.3) is 0 Å². The molecule has 0 aromatic heterocycles. The molecular weight excluding hydrogens is 346 g/mol. The van der Waals surface area contributed by atoms with Gasteiger partial charge in [-0.2, -0.15) is 0 Å². The molecule has 1 aliphatic rings. The highest BCUT2D eigenvalue weighted by Gasteiger charge is 2.32. The molecular formula is C21H26ClN3O. The van der Waals surface area contributed by atoms with E-state index >= 15 is 0 Å². The van der Waals surface area contributed by atoms with Crippen LogP contribution in [0.2, 0.25) is 5.02 Å². The van der Waals surface area contributed by atoms with Crippen LogP contribution in [0.15, 0.2) is 48.5 Å². The Kier molecular flexibility index (Phi) is 6.17. The fourth-order valence-corrected chi connectivity index (χ4v) is 3.28. The second-order valence-electron chi connectivity index (χ2n) is 7.21. The second kappa shape index (κ2) is 8.56. The van der Waals surface area contributed by atoms with Gasteiger partial charge in [-0.3, -0.25) is 0 Å². The van der Waals surface area contributed by atoms with E-state index in [1.54, 1.807) is 0 Å². The predicted octanol–water partition coefficient (Wildman–Crippen LogP) is 4.28. The fraction of sp³-hybridized carbons (Fsp3) is 0.381. The van der Waals surface area contributed by atoms with Crippen molar-refractivity contribution in [2.24, 2.45) is 0 Å². The zero-order valence-corrected chi connectivity index (χ0v) is 16.2. The third kappa shape index (κ3) is 5.48. The van der Waals surface area contributed by atoms with Crippen LogP contribution in [0.5, 0.6) is 0 Å². The first-order valence-corrected chi connectivity index (χ1v) is 9.40. The van der Waals surface area contributed by atoms with Crippen LogP contribution in [-0.2, 0) is 19.6 Å². The summed E-state index contributed by atoms with van der Waals surface area (Å²) >= 11 is 6.07. The van der Waals surface area contributed by atoms with E-state index in [-0.39, 0.29) is 6.03 Å². The number of amides is 2. The number of carbonyl (C=O) groups is 1. The Labute approximate surface area is 160 Å². The van der Waals surface area contributed by atoms with Gasteiger partial charge in [-0.1, -0.05) is 48.0 Å². The maximum absolute atomic E-state index is 12.7. The third-order valence-corrected chi connectivity index (χ3v) is 4.66. The molecule has 138 valence electrons. The van der Waals surface area contributed by atoms with Crippen LogP contribution < -0.4 is 5.32 Å². The van der Waals surface area contributed by atoms with Gasteiger partial charge in [-0.25, -0.2) is 4.79 Å². The first-order valence-electron chi connectivity index (χ1n) is 9.03. The molecule has 3 rings (SSSR count). The molecule has 26 heavy (non-hydrogen) atoms. The van der Waals surface area contributed by atoms with Gasteiger partial charge < -0.3 is 15.1 Å². The monoisotopic (exact) mass is 371 g/mol. The van der Waals surface area contributed by atoms with Crippen molar-refractivity contribution < 1.29 is 4.79 Å². The molecule has 0 heterocycles. The summed E-state index contributed by atoms with van der Waals surface area (Å²) in [4.78, 5) is 16.8. The summed E-state index contributed by atoms with van der Waals surface area (Å²) in [7, 11) is 4.11. The SMILES string of the molecule is CN(C)Cc1cccc(CNC(=O)N(Cc2cccc(Cl)c2)C2CC2)c1. The van der Waals surface area contributed by atoms with Crippen LogP contribution in [0, 0.1) is 0 Å². The topological polar surface area (TPSA) is 35.6 Å². The average Bonchev–Trinajstić information content (AvgIpc) is 3.42. The van der Waals surface area contributed by atoms with Crippen molar-refractivity contribution in [1.82, 2.24) is 15.1 Å². The van der Waals surface area contributed by atoms with Crippen molar-refractivity contribution in [3.63, 3.8) is 0 Å². The number of halogens is 1. The molecule has 4 nitrogen and oxygen atoms in total. The lowest BCUT2D eigenvalue weighted by atomic mass is 10.1. The summed E-state index contributed by atoms with van der Waals surface area (Å²) in [6, 6.07) is 16.4. The molecule has 1 aliphatic carbocycles. The summed E-state index contributed by atoms with van der Waals surface area (Å²) < 4.78 is 0. The Balaban J connectivity index is 1.60. The van der Waals surface area contributed by atoms with Crippen LogP contribution in [0.1, 0.15) is 29.5 Å². The standard InChI is InChI=1S/C21H26ClN3O/c1-24(2)14-17-6-3-5-16(11-17)13-23-21(26)25(20-9-10-20)15-18-7-4-8-19(22)12-18/h3-8,11-12,20H,9-10,13-15H2,1-2H3,(H,23,26). The molecule has 5 heteroatoms. The number of benzene rings is 2. The van der Waals surface area contributed by atoms with Crippen molar-refractivity contribution in [2.45, 2.75) is 38.5 Å². The van der Waals surface area contributed by atoms with Gasteiger partial charge in [0.1, 0.15) is 0 Å². The molecule has 1 fully saturated rings. The molecule has 0 unspecified atom stereocenters. The van der Waals surface area contributed by atoms with E-state index in [9.17, 15) is 4.79 Å². The lowest BCUT2D eigenvalue weighted by Gasteiger charge is -2.23. The molecule has 0 bridgehead atoms. The van der Waals surface area contributed by atoms with Crippen LogP contribution >= 0.6 is 11.6 Å². The molecule has 1 saturated carbocycles. The number of urea groups is 1. The highest BCUT2D eigenvalue weighted by Crippen LogP contribution is 2.28. The summed E-state index contributed by atoms with van der Waals surface area (Å²) in [5.41, 5.74) is 3.43. The number of hydrogen-bond acceptors (Lipinski definition) is 2. The normalized spacial score (nSPS) is 13.7. The van der Waals surface area contributed by atoms with Crippen LogP contribution in [0.3, 0.4) is 0 Å². The van der Waals surface area contributed by atoms with Crippen molar-refractivity contribution in [3.8, 4) is 0 Å². The number of nitrogens with one attached hydrogen (secondary N) is 1. The number of hydrogen-bond donors (Lipinski definition) is 1. The largest absolute Gasteiger partial charge is 0.334 e. The number of carbonyl (C=O) groups excluding carboxylic acids is 1. The van der Waals surface area contributed by atoms with Crippen molar-refractivity contribution >= 4 is 17.6 Å². The molecule has 2 aromatic rings. The quantitative estimate of drug-likeness (QED) is 0.788. The molecule has 2 aromatic carbocycles. The minimum absolute atomic E-state index is 0.00881. The zero-order chi connectivity index (χ0) is 18.5. The Morgan fingerprint density at radius 2 is 1.69 bits per heavy atom. The smallest absolute Gasteiger partial charge is 0.318 e. The number of rotatable bonds is 7. The molecule has 0 radical (unpaired) electrons. The van der Waals surface area contributed by atoms with Gasteiger partial charge >= 0.3 is 6.03 Å². The Bertz CT molecular complexity index is 758. The van der Waals surface area contributed by atoms with E-state index in [1.807, 2.05) is 35.2 Å². The molecule has 1 N–H and O–H groups in total. The summed E-state index contributed by atoms with van der Waals surface area (Å²) in [5.74, 6) is 0. The van der Waals surface area contributed by atoms with Gasteiger partial charge in [0.2, 0.25) is 0 Å². The third-order valence-electron chi connectivity index (χ3n) is 4.42. The van der Waals surface area contributed by atoms with Crippen LogP contribution in [0.4, 0.5) is 4.79 Å². The van der Waals surface area contributed by atoms with Crippen molar-refractivity contribution in [1.29, 1.82) is 0 Å². The lowest BCUT2D eigenvalue weighted by molar-refractivity contribution is 0.191. The van der Waals surface area contributed by atoms with E-state index in [4.69, 9.17) is 11.6 Å². The molecule has 0 saturated heterocycles. The van der Waals surface area contributed by atoms with Gasteiger partial charge in [-0.05, 0) is 55.8 Å². The van der Waals surface area contributed by atoms with E-state index in [2.05, 4.69) is 42.5 Å². The van der Waals surface area contributed by atoms with Gasteiger partial charge in [0.25, 0.3) is 0 Å². The Morgan fingerprint density at radius 1 is 1.04 bits per heavy atom. The minimum Gasteiger partial charge on any atom is -0.334 e. The van der Waals surface area contributed by atoms with Crippen molar-refractivity contribution in [2.75, 3.05) is 14.1 Å². The molecule has 0 atom stereocenters. The average molecular weight is 372 g/mol. The lowest BCUT2D eigenvalue weighted by Crippen LogP contribution is -2.40. The van der Waals surface area contributed by atoms with E-state index < -0.39 is 0 Å². The highest BCUT2D eigenvalue weighted by atomic mass is 35.5. The Morgan fingerprint density at radius 3 is 2.35 bits per heavy atom. The fourth-order valence-electron chi connectivity index (χ4n) is 3.07. The molecule has 0 spiro atoms. The first kappa shape index (κ1) is 18.7. The van der Waals surface area contributed by atoms with E-state index in [1.165, 1.54) is 5.56 Å². The predicted molar refractivity (Wildman–Crippen MR) is 106 cm³/mol. The minimum atomic E-state index is -0.00881. The van der Waals surface area contributed by atoms with Gasteiger partial charge in [0, 0.05) is 30.7 Å². The van der Waals surface area contributed by atoms with Gasteiger partial charge in [0.05, 0.1) is 0 Å². The van der Waals surface area contributed by atoms with Crippen LogP contribution in [-0.4, -0.2) is 36.0 Å². The number of nitrogens with zero attached hydrogens (tertiary/aromatic N) is 2. The van der Waals surface area contributed by atoms with Crippen molar-refractivity contribution in [3.05, 3.63) is 70.2 Å². The first-order chi connectivity index (χ1) is 12.5. The molecule has 2 amide bonds. The highest BCUT2D eigenvalue weighted by molar-refractivity contribution is 6.30. The summed E-state index contributed by atoms with van der Waals surface area (Å²) in [6.45, 7) is 2.03.